The van der Waals surface area contributed by atoms with Crippen LogP contribution in [0.25, 0.3) is 0 Å². The fourth-order valence-electron chi connectivity index (χ4n) is 2.31. The predicted molar refractivity (Wildman–Crippen MR) is 71.5 cm³/mol. The van der Waals surface area contributed by atoms with Gasteiger partial charge >= 0.3 is 6.18 Å². The molecule has 1 fully saturated rings. The number of alkyl halides is 3. The molecule has 1 aliphatic carbocycles. The first-order valence-electron chi connectivity index (χ1n) is 6.03. The normalized spacial score (nSPS) is 24.8. The van der Waals surface area contributed by atoms with E-state index in [4.69, 9.17) is 11.6 Å². The molecule has 0 radical (unpaired) electrons. The molecule has 0 spiro atoms. The number of nitrogens with one attached hydrogen (secondary N) is 1. The van der Waals surface area contributed by atoms with Crippen LogP contribution in [-0.4, -0.2) is 20.6 Å². The lowest BCUT2D eigenvalue weighted by Crippen LogP contribution is -2.41. The molecule has 114 valence electrons. The molecule has 1 heterocycles. The molecule has 20 heavy (non-hydrogen) atoms. The van der Waals surface area contributed by atoms with Gasteiger partial charge in [-0.2, -0.15) is 13.2 Å². The Morgan fingerprint density at radius 1 is 1.30 bits per heavy atom. The first-order chi connectivity index (χ1) is 9.18. The Labute approximate surface area is 124 Å². The lowest BCUT2D eigenvalue weighted by atomic mass is 9.86. The van der Waals surface area contributed by atoms with Crippen LogP contribution in [0.3, 0.4) is 0 Å². The summed E-state index contributed by atoms with van der Waals surface area (Å²) in [7, 11) is -3.79. The summed E-state index contributed by atoms with van der Waals surface area (Å²) >= 11 is 6.55. The number of hydrogen-bond donors (Lipinski definition) is 1. The SMILES string of the molecule is O=S(=O)(N[C@H]1CCC[C@@H](C(F)(F)F)C1)c1ccc(Cl)s1. The summed E-state index contributed by atoms with van der Waals surface area (Å²) in [5.41, 5.74) is 0. The van der Waals surface area contributed by atoms with Crippen LogP contribution in [-0.2, 0) is 10.0 Å². The van der Waals surface area contributed by atoms with Crippen molar-refractivity contribution < 1.29 is 21.6 Å². The molecule has 9 heteroatoms. The van der Waals surface area contributed by atoms with Crippen molar-refractivity contribution in [3.8, 4) is 0 Å². The average molecular weight is 348 g/mol. The van der Waals surface area contributed by atoms with E-state index in [9.17, 15) is 21.6 Å². The van der Waals surface area contributed by atoms with Crippen molar-refractivity contribution in [2.45, 2.75) is 42.1 Å². The van der Waals surface area contributed by atoms with Gasteiger partial charge in [0.15, 0.2) is 0 Å². The van der Waals surface area contributed by atoms with Gasteiger partial charge in [-0.3, -0.25) is 0 Å². The number of halogens is 4. The van der Waals surface area contributed by atoms with E-state index >= 15 is 0 Å². The largest absolute Gasteiger partial charge is 0.391 e. The standard InChI is InChI=1S/C11H13ClF3NO2S2/c12-9-4-5-10(19-9)20(17,18)16-8-3-1-2-7(6-8)11(13,14)15/h4-5,7-8,16H,1-3,6H2/t7-,8+/m1/s1. The minimum absolute atomic E-state index is 0.0247. The molecule has 0 saturated heterocycles. The van der Waals surface area contributed by atoms with Crippen LogP contribution in [0.5, 0.6) is 0 Å². The minimum atomic E-state index is -4.27. The third kappa shape index (κ3) is 3.87. The maximum atomic E-state index is 12.7. The fourth-order valence-corrected chi connectivity index (χ4v) is 5.10. The number of hydrogen-bond acceptors (Lipinski definition) is 3. The van der Waals surface area contributed by atoms with E-state index in [1.165, 1.54) is 12.1 Å². The van der Waals surface area contributed by atoms with Crippen molar-refractivity contribution in [1.29, 1.82) is 0 Å². The summed E-state index contributed by atoms with van der Waals surface area (Å²) < 4.78 is 64.8. The van der Waals surface area contributed by atoms with Crippen molar-refractivity contribution >= 4 is 33.0 Å². The first kappa shape index (κ1) is 16.1. The second kappa shape index (κ2) is 5.82. The zero-order chi connectivity index (χ0) is 15.0. The zero-order valence-electron chi connectivity index (χ0n) is 10.3. The number of thiophene rings is 1. The molecule has 1 aromatic heterocycles. The van der Waals surface area contributed by atoms with Crippen molar-refractivity contribution in [1.82, 2.24) is 4.72 Å². The molecule has 1 aromatic rings. The Bertz CT molecular complexity index is 570. The van der Waals surface area contributed by atoms with Gasteiger partial charge in [0.2, 0.25) is 10.0 Å². The molecule has 1 aliphatic rings. The second-order valence-electron chi connectivity index (χ2n) is 4.78. The van der Waals surface area contributed by atoms with Crippen molar-refractivity contribution in [3.05, 3.63) is 16.5 Å². The molecule has 0 aliphatic heterocycles. The lowest BCUT2D eigenvalue weighted by Gasteiger charge is -2.30. The average Bonchev–Trinajstić information content (AvgIpc) is 2.75. The van der Waals surface area contributed by atoms with E-state index in [0.29, 0.717) is 17.2 Å². The maximum Gasteiger partial charge on any atom is 0.391 e. The van der Waals surface area contributed by atoms with E-state index in [1.807, 2.05) is 0 Å². The summed E-state index contributed by atoms with van der Waals surface area (Å²) in [6.07, 6.45) is -3.63. The zero-order valence-corrected chi connectivity index (χ0v) is 12.7. The van der Waals surface area contributed by atoms with Crippen molar-refractivity contribution in [3.63, 3.8) is 0 Å². The summed E-state index contributed by atoms with van der Waals surface area (Å²) in [5.74, 6) is -1.43. The number of sulfonamides is 1. The second-order valence-corrected chi connectivity index (χ2v) is 8.44. The predicted octanol–water partition coefficient (Wildman–Crippen LogP) is 3.80. The van der Waals surface area contributed by atoms with Crippen molar-refractivity contribution in [2.75, 3.05) is 0 Å². The molecule has 1 N–H and O–H groups in total. The van der Waals surface area contributed by atoms with Gasteiger partial charge in [-0.15, -0.1) is 11.3 Å². The molecule has 0 aromatic carbocycles. The highest BCUT2D eigenvalue weighted by molar-refractivity contribution is 7.91. The fraction of sp³-hybridized carbons (Fsp3) is 0.636. The summed E-state index contributed by atoms with van der Waals surface area (Å²) in [5, 5.41) is 0. The highest BCUT2D eigenvalue weighted by atomic mass is 35.5. The molecule has 3 nitrogen and oxygen atoms in total. The van der Waals surface area contributed by atoms with Gasteiger partial charge in [-0.1, -0.05) is 18.0 Å². The summed E-state index contributed by atoms with van der Waals surface area (Å²) in [6, 6.07) is 2.11. The van der Waals surface area contributed by atoms with E-state index in [1.54, 1.807) is 0 Å². The smallest absolute Gasteiger partial charge is 0.207 e. The van der Waals surface area contributed by atoms with Gasteiger partial charge in [-0.05, 0) is 31.4 Å². The van der Waals surface area contributed by atoms with Gasteiger partial charge in [0, 0.05) is 6.04 Å². The third-order valence-electron chi connectivity index (χ3n) is 3.27. The summed E-state index contributed by atoms with van der Waals surface area (Å²) in [4.78, 5) is 0. The van der Waals surface area contributed by atoms with E-state index in [2.05, 4.69) is 4.72 Å². The number of rotatable bonds is 3. The highest BCUT2D eigenvalue weighted by Gasteiger charge is 2.42. The third-order valence-corrected chi connectivity index (χ3v) is 6.52. The first-order valence-corrected chi connectivity index (χ1v) is 8.70. The molecular weight excluding hydrogens is 335 g/mol. The molecule has 0 amide bonds. The van der Waals surface area contributed by atoms with Crippen LogP contribution in [0.4, 0.5) is 13.2 Å². The Morgan fingerprint density at radius 3 is 2.55 bits per heavy atom. The van der Waals surface area contributed by atoms with Gasteiger partial charge in [0.1, 0.15) is 4.21 Å². The van der Waals surface area contributed by atoms with Gasteiger partial charge in [-0.25, -0.2) is 13.1 Å². The topological polar surface area (TPSA) is 46.2 Å². The van der Waals surface area contributed by atoms with E-state index < -0.39 is 28.2 Å². The van der Waals surface area contributed by atoms with Crippen LogP contribution in [0.2, 0.25) is 4.34 Å². The Hall–Kier alpha value is -0.310. The Kier molecular flexibility index (Phi) is 4.68. The van der Waals surface area contributed by atoms with Gasteiger partial charge < -0.3 is 0 Å². The minimum Gasteiger partial charge on any atom is -0.207 e. The molecule has 0 unspecified atom stereocenters. The monoisotopic (exact) mass is 347 g/mol. The molecule has 1 saturated carbocycles. The van der Waals surface area contributed by atoms with Crippen molar-refractivity contribution in [2.24, 2.45) is 5.92 Å². The van der Waals surface area contributed by atoms with E-state index in [0.717, 1.165) is 11.3 Å². The van der Waals surface area contributed by atoms with E-state index in [-0.39, 0.29) is 17.1 Å². The van der Waals surface area contributed by atoms with Crippen LogP contribution in [0, 0.1) is 5.92 Å². The molecule has 2 atom stereocenters. The van der Waals surface area contributed by atoms with Gasteiger partial charge in [0.05, 0.1) is 10.3 Å². The molecular formula is C11H13ClF3NO2S2. The quantitative estimate of drug-likeness (QED) is 0.904. The van der Waals surface area contributed by atoms with Crippen LogP contribution >= 0.6 is 22.9 Å². The maximum absolute atomic E-state index is 12.7. The van der Waals surface area contributed by atoms with Crippen LogP contribution in [0.15, 0.2) is 16.3 Å². The van der Waals surface area contributed by atoms with Crippen LogP contribution < -0.4 is 4.72 Å². The Morgan fingerprint density at radius 2 is 2.00 bits per heavy atom. The summed E-state index contributed by atoms with van der Waals surface area (Å²) in [6.45, 7) is 0. The molecule has 0 bridgehead atoms. The highest BCUT2D eigenvalue weighted by Crippen LogP contribution is 2.38. The lowest BCUT2D eigenvalue weighted by molar-refractivity contribution is -0.183. The molecule has 2 rings (SSSR count). The van der Waals surface area contributed by atoms with Crippen LogP contribution in [0.1, 0.15) is 25.7 Å². The van der Waals surface area contributed by atoms with Gasteiger partial charge in [0.25, 0.3) is 0 Å². The Balaban J connectivity index is 2.06.